The fourth-order valence-corrected chi connectivity index (χ4v) is 2.19. The number of rotatable bonds is 4. The number of aliphatic hydroxyl groups is 1. The molecule has 1 aromatic heterocycles. The van der Waals surface area contributed by atoms with Gasteiger partial charge in [-0.05, 0) is 5.92 Å². The van der Waals surface area contributed by atoms with Gasteiger partial charge in [-0.1, -0.05) is 13.8 Å². The second-order valence-electron chi connectivity index (χ2n) is 5.01. The summed E-state index contributed by atoms with van der Waals surface area (Å²) in [5, 5.41) is 8.92. The molecule has 0 unspecified atom stereocenters. The van der Waals surface area contributed by atoms with Crippen LogP contribution in [0.3, 0.4) is 0 Å². The molecule has 2 rings (SSSR count). The normalized spacial score (nSPS) is 17.4. The van der Waals surface area contributed by atoms with Gasteiger partial charge in [-0.25, -0.2) is 9.97 Å². The second kappa shape index (κ2) is 6.11. The molecule has 100 valence electrons. The van der Waals surface area contributed by atoms with Gasteiger partial charge in [-0.2, -0.15) is 0 Å². The third kappa shape index (κ3) is 3.17. The molecule has 1 saturated heterocycles. The first-order chi connectivity index (χ1) is 8.70. The molecular weight excluding hydrogens is 228 g/mol. The molecule has 1 fully saturated rings. The zero-order valence-corrected chi connectivity index (χ0v) is 11.2. The molecule has 1 N–H and O–H groups in total. The third-order valence-corrected chi connectivity index (χ3v) is 3.38. The van der Waals surface area contributed by atoms with Gasteiger partial charge in [-0.15, -0.1) is 0 Å². The molecule has 5 heteroatoms. The number of anilines is 1. The average Bonchev–Trinajstić information content (AvgIpc) is 2.40. The van der Waals surface area contributed by atoms with Crippen LogP contribution in [0.15, 0.2) is 12.4 Å². The smallest absolute Gasteiger partial charge is 0.132 e. The Bertz CT molecular complexity index is 375. The molecule has 0 saturated carbocycles. The number of hydrogen-bond donors (Lipinski definition) is 1. The van der Waals surface area contributed by atoms with E-state index in [1.165, 1.54) is 0 Å². The zero-order chi connectivity index (χ0) is 13.0. The number of aromatic nitrogens is 2. The predicted molar refractivity (Wildman–Crippen MR) is 71.9 cm³/mol. The molecule has 1 aliphatic rings. The lowest BCUT2D eigenvalue weighted by Crippen LogP contribution is -2.47. The summed E-state index contributed by atoms with van der Waals surface area (Å²) in [7, 11) is 0. The van der Waals surface area contributed by atoms with E-state index in [0.717, 1.165) is 44.2 Å². The molecule has 1 aliphatic heterocycles. The first-order valence-corrected chi connectivity index (χ1v) is 6.61. The van der Waals surface area contributed by atoms with Gasteiger partial charge in [0.05, 0.1) is 6.61 Å². The van der Waals surface area contributed by atoms with Gasteiger partial charge in [-0.3, -0.25) is 4.90 Å². The maximum Gasteiger partial charge on any atom is 0.132 e. The average molecular weight is 250 g/mol. The van der Waals surface area contributed by atoms with Crippen LogP contribution in [0, 0.1) is 0 Å². The number of piperazine rings is 1. The van der Waals surface area contributed by atoms with Gasteiger partial charge >= 0.3 is 0 Å². The molecule has 0 atom stereocenters. The van der Waals surface area contributed by atoms with Crippen molar-refractivity contribution in [2.45, 2.75) is 19.8 Å². The number of aliphatic hydroxyl groups excluding tert-OH is 1. The van der Waals surface area contributed by atoms with E-state index in [4.69, 9.17) is 5.11 Å². The van der Waals surface area contributed by atoms with Crippen molar-refractivity contribution in [3.05, 3.63) is 18.1 Å². The van der Waals surface area contributed by atoms with E-state index in [0.29, 0.717) is 5.92 Å². The highest BCUT2D eigenvalue weighted by atomic mass is 16.3. The van der Waals surface area contributed by atoms with Crippen molar-refractivity contribution in [2.24, 2.45) is 0 Å². The van der Waals surface area contributed by atoms with Crippen LogP contribution in [0.25, 0.3) is 0 Å². The topological polar surface area (TPSA) is 52.5 Å². The molecule has 5 nitrogen and oxygen atoms in total. The minimum Gasteiger partial charge on any atom is -0.395 e. The van der Waals surface area contributed by atoms with Crippen LogP contribution in [0.1, 0.15) is 25.5 Å². The molecule has 0 bridgehead atoms. The summed E-state index contributed by atoms with van der Waals surface area (Å²) >= 11 is 0. The monoisotopic (exact) mass is 250 g/mol. The molecule has 0 aromatic carbocycles. The van der Waals surface area contributed by atoms with E-state index in [1.54, 1.807) is 6.33 Å². The van der Waals surface area contributed by atoms with Crippen LogP contribution in [0.4, 0.5) is 5.82 Å². The highest BCUT2D eigenvalue weighted by molar-refractivity contribution is 5.40. The van der Waals surface area contributed by atoms with Crippen LogP contribution >= 0.6 is 0 Å². The van der Waals surface area contributed by atoms with Gasteiger partial charge in [0, 0.05) is 44.5 Å². The van der Waals surface area contributed by atoms with Crippen molar-refractivity contribution in [2.75, 3.05) is 44.2 Å². The van der Waals surface area contributed by atoms with Crippen molar-refractivity contribution >= 4 is 5.82 Å². The number of nitrogens with zero attached hydrogens (tertiary/aromatic N) is 4. The van der Waals surface area contributed by atoms with Crippen molar-refractivity contribution in [1.82, 2.24) is 14.9 Å². The van der Waals surface area contributed by atoms with Gasteiger partial charge in [0.2, 0.25) is 0 Å². The van der Waals surface area contributed by atoms with Crippen molar-refractivity contribution in [3.63, 3.8) is 0 Å². The summed E-state index contributed by atoms with van der Waals surface area (Å²) in [6.45, 7) is 9.21. The van der Waals surface area contributed by atoms with E-state index in [2.05, 4.69) is 39.7 Å². The summed E-state index contributed by atoms with van der Waals surface area (Å²) in [5.74, 6) is 1.46. The molecule has 2 heterocycles. The summed E-state index contributed by atoms with van der Waals surface area (Å²) in [6.07, 6.45) is 1.66. The van der Waals surface area contributed by atoms with Crippen molar-refractivity contribution < 1.29 is 5.11 Å². The molecule has 0 radical (unpaired) electrons. The molecular formula is C13H22N4O. The van der Waals surface area contributed by atoms with Crippen LogP contribution in [-0.4, -0.2) is 59.3 Å². The Hall–Kier alpha value is -1.20. The van der Waals surface area contributed by atoms with Gasteiger partial charge in [0.1, 0.15) is 12.1 Å². The lowest BCUT2D eigenvalue weighted by molar-refractivity contribution is 0.188. The molecule has 18 heavy (non-hydrogen) atoms. The van der Waals surface area contributed by atoms with E-state index in [-0.39, 0.29) is 6.61 Å². The molecule has 1 aromatic rings. The predicted octanol–water partition coefficient (Wildman–Crippen LogP) is 0.714. The second-order valence-corrected chi connectivity index (χ2v) is 5.01. The first kappa shape index (κ1) is 13.2. The van der Waals surface area contributed by atoms with E-state index in [1.807, 2.05) is 0 Å². The van der Waals surface area contributed by atoms with E-state index in [9.17, 15) is 0 Å². The summed E-state index contributed by atoms with van der Waals surface area (Å²) < 4.78 is 0. The summed E-state index contributed by atoms with van der Waals surface area (Å²) in [5.41, 5.74) is 1.10. The van der Waals surface area contributed by atoms with E-state index >= 15 is 0 Å². The van der Waals surface area contributed by atoms with Gasteiger partial charge in [0.15, 0.2) is 0 Å². The Kier molecular flexibility index (Phi) is 4.49. The minimum absolute atomic E-state index is 0.241. The Morgan fingerprint density at radius 1 is 1.22 bits per heavy atom. The largest absolute Gasteiger partial charge is 0.395 e. The quantitative estimate of drug-likeness (QED) is 0.853. The minimum atomic E-state index is 0.241. The molecule has 0 aliphatic carbocycles. The lowest BCUT2D eigenvalue weighted by atomic mass is 10.1. The SMILES string of the molecule is CC(C)c1cc(N2CCN(CCO)CC2)ncn1. The zero-order valence-electron chi connectivity index (χ0n) is 11.2. The Morgan fingerprint density at radius 2 is 1.94 bits per heavy atom. The summed E-state index contributed by atoms with van der Waals surface area (Å²) in [4.78, 5) is 13.2. The van der Waals surface area contributed by atoms with Crippen LogP contribution in [-0.2, 0) is 0 Å². The molecule has 0 amide bonds. The third-order valence-electron chi connectivity index (χ3n) is 3.38. The maximum absolute atomic E-state index is 8.92. The number of hydrogen-bond acceptors (Lipinski definition) is 5. The van der Waals surface area contributed by atoms with Gasteiger partial charge < -0.3 is 10.0 Å². The Morgan fingerprint density at radius 3 is 2.56 bits per heavy atom. The summed E-state index contributed by atoms with van der Waals surface area (Å²) in [6, 6.07) is 2.09. The van der Waals surface area contributed by atoms with Crippen LogP contribution in [0.2, 0.25) is 0 Å². The van der Waals surface area contributed by atoms with E-state index < -0.39 is 0 Å². The standard InChI is InChI=1S/C13H22N4O/c1-11(2)12-9-13(15-10-14-12)17-5-3-16(4-6-17)7-8-18/h9-11,18H,3-8H2,1-2H3. The fraction of sp³-hybridized carbons (Fsp3) is 0.692. The Labute approximate surface area is 108 Å². The van der Waals surface area contributed by atoms with Crippen molar-refractivity contribution in [3.8, 4) is 0 Å². The highest BCUT2D eigenvalue weighted by Crippen LogP contribution is 2.18. The lowest BCUT2D eigenvalue weighted by Gasteiger charge is -2.35. The molecule has 0 spiro atoms. The Balaban J connectivity index is 1.98. The number of β-amino-alcohol motifs (C(OH)–C–C–N with tert-alkyl or cyclic N) is 1. The maximum atomic E-state index is 8.92. The highest BCUT2D eigenvalue weighted by Gasteiger charge is 2.18. The van der Waals surface area contributed by atoms with Crippen LogP contribution < -0.4 is 4.90 Å². The van der Waals surface area contributed by atoms with Crippen LogP contribution in [0.5, 0.6) is 0 Å². The van der Waals surface area contributed by atoms with Crippen molar-refractivity contribution in [1.29, 1.82) is 0 Å². The first-order valence-electron chi connectivity index (χ1n) is 6.61. The fourth-order valence-electron chi connectivity index (χ4n) is 2.19. The van der Waals surface area contributed by atoms with Gasteiger partial charge in [0.25, 0.3) is 0 Å².